The summed E-state index contributed by atoms with van der Waals surface area (Å²) in [7, 11) is 0. The third kappa shape index (κ3) is 3.74. The molecule has 0 bridgehead atoms. The first-order valence-corrected chi connectivity index (χ1v) is 7.51. The second-order valence-corrected chi connectivity index (χ2v) is 5.48. The number of hydrogen-bond acceptors (Lipinski definition) is 4. The molecule has 1 aliphatic heterocycles. The number of carbonyl (C=O) groups excluding carboxylic acids is 1. The lowest BCUT2D eigenvalue weighted by Gasteiger charge is -2.15. The fraction of sp³-hybridized carbons (Fsp3) is 0.278. The van der Waals surface area contributed by atoms with E-state index in [1.165, 1.54) is 0 Å². The maximum Gasteiger partial charge on any atom is 0.261 e. The Kier molecular flexibility index (Phi) is 4.37. The van der Waals surface area contributed by atoms with Gasteiger partial charge in [-0.15, -0.1) is 0 Å². The molecule has 0 aromatic heterocycles. The molecule has 120 valence electrons. The van der Waals surface area contributed by atoms with Crippen molar-refractivity contribution in [3.05, 3.63) is 53.6 Å². The van der Waals surface area contributed by atoms with Crippen LogP contribution < -0.4 is 19.5 Å². The summed E-state index contributed by atoms with van der Waals surface area (Å²) in [6.45, 7) is 4.37. The Morgan fingerprint density at radius 1 is 1.22 bits per heavy atom. The van der Waals surface area contributed by atoms with Crippen molar-refractivity contribution >= 4 is 5.91 Å². The molecule has 0 spiro atoms. The van der Waals surface area contributed by atoms with Crippen LogP contribution in [0.25, 0.3) is 0 Å². The van der Waals surface area contributed by atoms with Crippen molar-refractivity contribution < 1.29 is 19.0 Å². The van der Waals surface area contributed by atoms with Crippen LogP contribution in [0.2, 0.25) is 0 Å². The summed E-state index contributed by atoms with van der Waals surface area (Å²) in [5, 5.41) is 2.86. The standard InChI is InChI=1S/C18H19NO4/c1-12-4-3-5-15(8-12)23-13(2)18(20)19-10-14-6-7-16-17(9-14)22-11-21-16/h3-9,13H,10-11H2,1-2H3,(H,19,20)/t13-/m1/s1. The van der Waals surface area contributed by atoms with Crippen molar-refractivity contribution in [2.45, 2.75) is 26.5 Å². The van der Waals surface area contributed by atoms with Crippen molar-refractivity contribution in [3.8, 4) is 17.2 Å². The minimum absolute atomic E-state index is 0.163. The third-order valence-corrected chi connectivity index (χ3v) is 3.58. The van der Waals surface area contributed by atoms with E-state index in [-0.39, 0.29) is 12.7 Å². The summed E-state index contributed by atoms with van der Waals surface area (Å²) in [6.07, 6.45) is -0.564. The quantitative estimate of drug-likeness (QED) is 0.922. The number of rotatable bonds is 5. The van der Waals surface area contributed by atoms with Crippen LogP contribution in [0, 0.1) is 6.92 Å². The number of hydrogen-bond donors (Lipinski definition) is 1. The predicted octanol–water partition coefficient (Wildman–Crippen LogP) is 2.81. The predicted molar refractivity (Wildman–Crippen MR) is 85.7 cm³/mol. The van der Waals surface area contributed by atoms with Gasteiger partial charge in [0, 0.05) is 6.54 Å². The minimum atomic E-state index is -0.564. The number of aryl methyl sites for hydroxylation is 1. The Bertz CT molecular complexity index is 714. The van der Waals surface area contributed by atoms with E-state index in [1.807, 2.05) is 49.4 Å². The fourth-order valence-corrected chi connectivity index (χ4v) is 2.33. The number of amides is 1. The second kappa shape index (κ2) is 6.60. The Balaban J connectivity index is 1.54. The van der Waals surface area contributed by atoms with Gasteiger partial charge in [-0.25, -0.2) is 0 Å². The molecule has 1 atom stereocenters. The molecule has 23 heavy (non-hydrogen) atoms. The molecule has 1 N–H and O–H groups in total. The van der Waals surface area contributed by atoms with Gasteiger partial charge in [-0.1, -0.05) is 18.2 Å². The van der Waals surface area contributed by atoms with Gasteiger partial charge in [-0.05, 0) is 49.2 Å². The van der Waals surface area contributed by atoms with Crippen molar-refractivity contribution in [3.63, 3.8) is 0 Å². The van der Waals surface area contributed by atoms with Crippen LogP contribution in [0.5, 0.6) is 17.2 Å². The number of ether oxygens (including phenoxy) is 3. The summed E-state index contributed by atoms with van der Waals surface area (Å²) in [5.41, 5.74) is 2.04. The zero-order chi connectivity index (χ0) is 16.2. The smallest absolute Gasteiger partial charge is 0.261 e. The highest BCUT2D eigenvalue weighted by atomic mass is 16.7. The average Bonchev–Trinajstić information content (AvgIpc) is 3.00. The maximum atomic E-state index is 12.1. The molecule has 5 heteroatoms. The van der Waals surface area contributed by atoms with Gasteiger partial charge < -0.3 is 19.5 Å². The van der Waals surface area contributed by atoms with Crippen molar-refractivity contribution in [2.24, 2.45) is 0 Å². The molecular formula is C18H19NO4. The van der Waals surface area contributed by atoms with Crippen LogP contribution in [0.4, 0.5) is 0 Å². The van der Waals surface area contributed by atoms with E-state index in [2.05, 4.69) is 5.32 Å². The number of benzene rings is 2. The molecule has 3 rings (SSSR count). The van der Waals surface area contributed by atoms with Crippen molar-refractivity contribution in [1.82, 2.24) is 5.32 Å². The molecule has 2 aromatic rings. The molecule has 0 radical (unpaired) electrons. The number of nitrogens with one attached hydrogen (secondary N) is 1. The second-order valence-electron chi connectivity index (χ2n) is 5.48. The lowest BCUT2D eigenvalue weighted by molar-refractivity contribution is -0.127. The van der Waals surface area contributed by atoms with E-state index >= 15 is 0 Å². The lowest BCUT2D eigenvalue weighted by Crippen LogP contribution is -2.35. The molecule has 5 nitrogen and oxygen atoms in total. The van der Waals surface area contributed by atoms with E-state index in [9.17, 15) is 4.79 Å². The summed E-state index contributed by atoms with van der Waals surface area (Å²) in [5.74, 6) is 1.97. The molecule has 0 unspecified atom stereocenters. The van der Waals surface area contributed by atoms with Gasteiger partial charge >= 0.3 is 0 Å². The van der Waals surface area contributed by atoms with E-state index in [0.29, 0.717) is 18.0 Å². The van der Waals surface area contributed by atoms with Crippen LogP contribution in [-0.4, -0.2) is 18.8 Å². The molecule has 1 amide bonds. The SMILES string of the molecule is Cc1cccc(O[C@H](C)C(=O)NCc2ccc3c(c2)OCO3)c1. The zero-order valence-corrected chi connectivity index (χ0v) is 13.2. The molecule has 0 saturated heterocycles. The topological polar surface area (TPSA) is 56.8 Å². The highest BCUT2D eigenvalue weighted by Gasteiger charge is 2.16. The maximum absolute atomic E-state index is 12.1. The minimum Gasteiger partial charge on any atom is -0.481 e. The first kappa shape index (κ1) is 15.2. The molecule has 1 aliphatic rings. The third-order valence-electron chi connectivity index (χ3n) is 3.58. The molecule has 1 heterocycles. The van der Waals surface area contributed by atoms with Gasteiger partial charge in [0.15, 0.2) is 17.6 Å². The van der Waals surface area contributed by atoms with Crippen LogP contribution in [-0.2, 0) is 11.3 Å². The van der Waals surface area contributed by atoms with Gasteiger partial charge in [0.1, 0.15) is 5.75 Å². The van der Waals surface area contributed by atoms with Crippen LogP contribution in [0.3, 0.4) is 0 Å². The monoisotopic (exact) mass is 313 g/mol. The molecule has 0 fully saturated rings. The van der Waals surface area contributed by atoms with Crippen LogP contribution >= 0.6 is 0 Å². The summed E-state index contributed by atoms with van der Waals surface area (Å²) >= 11 is 0. The van der Waals surface area contributed by atoms with Gasteiger partial charge in [0.25, 0.3) is 5.91 Å². The molecule has 0 aliphatic carbocycles. The Morgan fingerprint density at radius 3 is 2.87 bits per heavy atom. The number of fused-ring (bicyclic) bond motifs is 1. The van der Waals surface area contributed by atoms with Gasteiger partial charge in [0.05, 0.1) is 0 Å². The fourth-order valence-electron chi connectivity index (χ4n) is 2.33. The summed E-state index contributed by atoms with van der Waals surface area (Å²) in [6, 6.07) is 13.3. The molecule has 2 aromatic carbocycles. The zero-order valence-electron chi connectivity index (χ0n) is 13.2. The first-order valence-electron chi connectivity index (χ1n) is 7.51. The summed E-state index contributed by atoms with van der Waals surface area (Å²) in [4.78, 5) is 12.1. The van der Waals surface area contributed by atoms with E-state index < -0.39 is 6.10 Å². The lowest BCUT2D eigenvalue weighted by atomic mass is 10.2. The highest BCUT2D eigenvalue weighted by molar-refractivity contribution is 5.80. The van der Waals surface area contributed by atoms with E-state index in [0.717, 1.165) is 16.9 Å². The Morgan fingerprint density at radius 2 is 2.04 bits per heavy atom. The van der Waals surface area contributed by atoms with Crippen LogP contribution in [0.15, 0.2) is 42.5 Å². The molecular weight excluding hydrogens is 294 g/mol. The van der Waals surface area contributed by atoms with Crippen molar-refractivity contribution in [2.75, 3.05) is 6.79 Å². The largest absolute Gasteiger partial charge is 0.481 e. The molecule has 0 saturated carbocycles. The highest BCUT2D eigenvalue weighted by Crippen LogP contribution is 2.32. The first-order chi connectivity index (χ1) is 11.1. The van der Waals surface area contributed by atoms with E-state index in [4.69, 9.17) is 14.2 Å². The van der Waals surface area contributed by atoms with Gasteiger partial charge in [-0.3, -0.25) is 4.79 Å². The normalized spacial score (nSPS) is 13.5. The Labute approximate surface area is 135 Å². The summed E-state index contributed by atoms with van der Waals surface area (Å²) < 4.78 is 16.3. The van der Waals surface area contributed by atoms with Crippen LogP contribution in [0.1, 0.15) is 18.1 Å². The number of carbonyl (C=O) groups is 1. The Hall–Kier alpha value is -2.69. The van der Waals surface area contributed by atoms with E-state index in [1.54, 1.807) is 6.92 Å². The van der Waals surface area contributed by atoms with Crippen molar-refractivity contribution in [1.29, 1.82) is 0 Å². The van der Waals surface area contributed by atoms with Gasteiger partial charge in [0.2, 0.25) is 6.79 Å². The van der Waals surface area contributed by atoms with Gasteiger partial charge in [-0.2, -0.15) is 0 Å². The average molecular weight is 313 g/mol.